The van der Waals surface area contributed by atoms with Crippen molar-refractivity contribution in [3.8, 4) is 5.75 Å². The maximum atomic E-state index is 6.20. The predicted octanol–water partition coefficient (Wildman–Crippen LogP) is 4.75. The molecule has 1 saturated carbocycles. The van der Waals surface area contributed by atoms with Crippen LogP contribution in [0.2, 0.25) is 0 Å². The van der Waals surface area contributed by atoms with E-state index in [-0.39, 0.29) is 0 Å². The Balaban J connectivity index is 1.98. The Morgan fingerprint density at radius 2 is 1.86 bits per heavy atom. The summed E-state index contributed by atoms with van der Waals surface area (Å²) in [5.74, 6) is 2.35. The molecule has 0 saturated heterocycles. The minimum atomic E-state index is 0.496. The number of para-hydroxylation sites is 1. The van der Waals surface area contributed by atoms with Gasteiger partial charge in [0.05, 0.1) is 0 Å². The summed E-state index contributed by atoms with van der Waals surface area (Å²) in [4.78, 5) is 0. The molecule has 1 aliphatic carbocycles. The van der Waals surface area contributed by atoms with E-state index in [1.807, 2.05) is 0 Å². The molecule has 1 fully saturated rings. The van der Waals surface area contributed by atoms with E-state index in [1.165, 1.54) is 37.7 Å². The van der Waals surface area contributed by atoms with Crippen molar-refractivity contribution in [3.63, 3.8) is 0 Å². The molecule has 21 heavy (non-hydrogen) atoms. The molecule has 1 aromatic carbocycles. The maximum Gasteiger partial charge on any atom is 0.122 e. The van der Waals surface area contributed by atoms with E-state index in [2.05, 4.69) is 50.4 Å². The Bertz CT molecular complexity index is 410. The Hall–Kier alpha value is -1.02. The second kappa shape index (κ2) is 8.43. The quantitative estimate of drug-likeness (QED) is 0.782. The lowest BCUT2D eigenvalue weighted by molar-refractivity contribution is 0.186. The molecule has 2 nitrogen and oxygen atoms in total. The molecule has 0 radical (unpaired) electrons. The van der Waals surface area contributed by atoms with Crippen molar-refractivity contribution in [2.75, 3.05) is 13.2 Å². The van der Waals surface area contributed by atoms with E-state index >= 15 is 0 Å². The fraction of sp³-hybridized carbons (Fsp3) is 0.684. The number of benzene rings is 1. The SMILES string of the molecule is CCNC(COc1ccccc1C(C)C)C1CCCCC1. The number of hydrogen-bond acceptors (Lipinski definition) is 2. The van der Waals surface area contributed by atoms with Gasteiger partial charge in [0.25, 0.3) is 0 Å². The van der Waals surface area contributed by atoms with Crippen molar-refractivity contribution >= 4 is 0 Å². The molecule has 0 aromatic heterocycles. The molecule has 2 rings (SSSR count). The van der Waals surface area contributed by atoms with Gasteiger partial charge < -0.3 is 10.1 Å². The zero-order valence-electron chi connectivity index (χ0n) is 13.9. The third-order valence-corrected chi connectivity index (χ3v) is 4.64. The predicted molar refractivity (Wildman–Crippen MR) is 90.1 cm³/mol. The zero-order chi connectivity index (χ0) is 15.1. The molecule has 0 heterocycles. The van der Waals surface area contributed by atoms with Gasteiger partial charge in [-0.15, -0.1) is 0 Å². The molecular formula is C19H31NO. The van der Waals surface area contributed by atoms with Crippen molar-refractivity contribution < 1.29 is 4.74 Å². The highest BCUT2D eigenvalue weighted by Gasteiger charge is 2.23. The second-order valence-corrected chi connectivity index (χ2v) is 6.57. The summed E-state index contributed by atoms with van der Waals surface area (Å²) >= 11 is 0. The van der Waals surface area contributed by atoms with Crippen molar-refractivity contribution in [1.82, 2.24) is 5.32 Å². The first kappa shape index (κ1) is 16.4. The number of nitrogens with one attached hydrogen (secondary N) is 1. The number of rotatable bonds is 7. The van der Waals surface area contributed by atoms with Crippen molar-refractivity contribution in [2.24, 2.45) is 5.92 Å². The van der Waals surface area contributed by atoms with Gasteiger partial charge in [0.1, 0.15) is 12.4 Å². The van der Waals surface area contributed by atoms with E-state index in [1.54, 1.807) is 0 Å². The highest BCUT2D eigenvalue weighted by molar-refractivity contribution is 5.35. The highest BCUT2D eigenvalue weighted by atomic mass is 16.5. The van der Waals surface area contributed by atoms with Crippen LogP contribution in [0.4, 0.5) is 0 Å². The summed E-state index contributed by atoms with van der Waals surface area (Å²) in [6.07, 6.45) is 6.89. The third kappa shape index (κ3) is 4.74. The average Bonchev–Trinajstić information content (AvgIpc) is 2.52. The fourth-order valence-corrected chi connectivity index (χ4v) is 3.43. The summed E-state index contributed by atoms with van der Waals surface area (Å²) in [6, 6.07) is 8.97. The standard InChI is InChI=1S/C19H31NO/c1-4-20-18(16-10-6-5-7-11-16)14-21-19-13-9-8-12-17(19)15(2)3/h8-9,12-13,15-16,18,20H,4-7,10-11,14H2,1-3H3. The van der Waals surface area contributed by atoms with Crippen LogP contribution in [-0.4, -0.2) is 19.2 Å². The van der Waals surface area contributed by atoms with Gasteiger partial charge >= 0.3 is 0 Å². The van der Waals surface area contributed by atoms with Crippen molar-refractivity contribution in [3.05, 3.63) is 29.8 Å². The number of hydrogen-bond donors (Lipinski definition) is 1. The summed E-state index contributed by atoms with van der Waals surface area (Å²) in [7, 11) is 0. The molecule has 2 heteroatoms. The van der Waals surface area contributed by atoms with Crippen LogP contribution in [0.1, 0.15) is 64.4 Å². The van der Waals surface area contributed by atoms with Crippen LogP contribution in [0.5, 0.6) is 5.75 Å². The lowest BCUT2D eigenvalue weighted by Gasteiger charge is -2.31. The molecule has 0 amide bonds. The fourth-order valence-electron chi connectivity index (χ4n) is 3.43. The van der Waals surface area contributed by atoms with Crippen LogP contribution in [0.3, 0.4) is 0 Å². The lowest BCUT2D eigenvalue weighted by Crippen LogP contribution is -2.41. The molecule has 0 bridgehead atoms. The average molecular weight is 289 g/mol. The van der Waals surface area contributed by atoms with E-state index in [0.717, 1.165) is 24.8 Å². The Kier molecular flexibility index (Phi) is 6.56. The molecular weight excluding hydrogens is 258 g/mol. The van der Waals surface area contributed by atoms with Gasteiger partial charge in [-0.3, -0.25) is 0 Å². The van der Waals surface area contributed by atoms with Crippen LogP contribution in [0, 0.1) is 5.92 Å². The summed E-state index contributed by atoms with van der Waals surface area (Å²) in [5.41, 5.74) is 1.32. The topological polar surface area (TPSA) is 21.3 Å². The normalized spacial score (nSPS) is 17.9. The van der Waals surface area contributed by atoms with Crippen LogP contribution in [-0.2, 0) is 0 Å². The lowest BCUT2D eigenvalue weighted by atomic mass is 9.84. The largest absolute Gasteiger partial charge is 0.492 e. The van der Waals surface area contributed by atoms with Crippen LogP contribution in [0.15, 0.2) is 24.3 Å². The monoisotopic (exact) mass is 289 g/mol. The van der Waals surface area contributed by atoms with Gasteiger partial charge in [0, 0.05) is 6.04 Å². The first-order chi connectivity index (χ1) is 10.2. The van der Waals surface area contributed by atoms with Gasteiger partial charge in [0.15, 0.2) is 0 Å². The van der Waals surface area contributed by atoms with E-state index < -0.39 is 0 Å². The van der Waals surface area contributed by atoms with Crippen LogP contribution in [0.25, 0.3) is 0 Å². The summed E-state index contributed by atoms with van der Waals surface area (Å²) in [5, 5.41) is 3.65. The molecule has 118 valence electrons. The Labute approximate surface area is 130 Å². The molecule has 1 N–H and O–H groups in total. The highest BCUT2D eigenvalue weighted by Crippen LogP contribution is 2.29. The third-order valence-electron chi connectivity index (χ3n) is 4.64. The Morgan fingerprint density at radius 1 is 1.14 bits per heavy atom. The summed E-state index contributed by atoms with van der Waals surface area (Å²) < 4.78 is 6.20. The summed E-state index contributed by atoms with van der Waals surface area (Å²) in [6.45, 7) is 8.46. The second-order valence-electron chi connectivity index (χ2n) is 6.57. The zero-order valence-corrected chi connectivity index (χ0v) is 13.9. The molecule has 1 aromatic rings. The minimum Gasteiger partial charge on any atom is -0.492 e. The van der Waals surface area contributed by atoms with Gasteiger partial charge in [-0.2, -0.15) is 0 Å². The number of ether oxygens (including phenoxy) is 1. The Morgan fingerprint density at radius 3 is 2.52 bits per heavy atom. The smallest absolute Gasteiger partial charge is 0.122 e. The van der Waals surface area contributed by atoms with E-state index in [0.29, 0.717) is 12.0 Å². The molecule has 1 aliphatic rings. The molecule has 1 unspecified atom stereocenters. The van der Waals surface area contributed by atoms with Gasteiger partial charge in [0.2, 0.25) is 0 Å². The first-order valence-electron chi connectivity index (χ1n) is 8.67. The van der Waals surface area contributed by atoms with Gasteiger partial charge in [-0.1, -0.05) is 58.2 Å². The molecule has 0 aliphatic heterocycles. The molecule has 0 spiro atoms. The first-order valence-corrected chi connectivity index (χ1v) is 8.67. The van der Waals surface area contributed by atoms with Crippen molar-refractivity contribution in [2.45, 2.75) is 64.8 Å². The van der Waals surface area contributed by atoms with E-state index in [9.17, 15) is 0 Å². The van der Waals surface area contributed by atoms with Crippen molar-refractivity contribution in [1.29, 1.82) is 0 Å². The van der Waals surface area contributed by atoms with Crippen LogP contribution < -0.4 is 10.1 Å². The van der Waals surface area contributed by atoms with Crippen LogP contribution >= 0.6 is 0 Å². The van der Waals surface area contributed by atoms with Gasteiger partial charge in [-0.05, 0) is 42.9 Å². The minimum absolute atomic E-state index is 0.496. The maximum absolute atomic E-state index is 6.20. The van der Waals surface area contributed by atoms with E-state index in [4.69, 9.17) is 4.74 Å². The molecule has 1 atom stereocenters. The van der Waals surface area contributed by atoms with Gasteiger partial charge in [-0.25, -0.2) is 0 Å². The number of likely N-dealkylation sites (N-methyl/N-ethyl adjacent to an activating group) is 1.